The Morgan fingerprint density at radius 3 is 2.27 bits per heavy atom. The van der Waals surface area contributed by atoms with E-state index in [1.165, 1.54) is 24.3 Å². The first-order chi connectivity index (χ1) is 15.7. The number of nitrogens with zero attached hydrogens (tertiary/aromatic N) is 3. The number of nitriles is 2. The van der Waals surface area contributed by atoms with E-state index in [0.717, 1.165) is 17.3 Å². The molecule has 0 bridgehead atoms. The molecule has 1 amide bonds. The molecular weight excluding hydrogens is 461 g/mol. The van der Waals surface area contributed by atoms with E-state index in [4.69, 9.17) is 17.3 Å². The van der Waals surface area contributed by atoms with Gasteiger partial charge in [0, 0.05) is 10.6 Å². The maximum atomic E-state index is 13.4. The Hall–Kier alpha value is -3.59. The number of anilines is 1. The average molecular weight is 480 g/mol. The molecule has 166 valence electrons. The third kappa shape index (κ3) is 5.43. The number of nitrogens with two attached hydrogens (primary N) is 1. The Kier molecular flexibility index (Phi) is 7.55. The average Bonchev–Trinajstić information content (AvgIpc) is 2.79. The van der Waals surface area contributed by atoms with Crippen molar-refractivity contribution in [3.05, 3.63) is 76.1 Å². The molecule has 1 aromatic heterocycles. The standard InChI is InChI=1S/C24H19ClFN5OS/c1-13(15-3-7-17(25)8-4-15)30-23(32)14(2)33-24-20(12-28)21(19(11-27)22(29)31-24)16-5-9-18(26)10-6-16/h3-10,13-14H,1-2H3,(H2,29,31)(H,30,32). The Morgan fingerprint density at radius 2 is 1.70 bits per heavy atom. The number of nitrogens with one attached hydrogen (secondary N) is 1. The summed E-state index contributed by atoms with van der Waals surface area (Å²) >= 11 is 6.98. The minimum absolute atomic E-state index is 0.0240. The second-order valence-electron chi connectivity index (χ2n) is 7.20. The normalized spacial score (nSPS) is 12.3. The van der Waals surface area contributed by atoms with Crippen LogP contribution in [-0.4, -0.2) is 16.1 Å². The topological polar surface area (TPSA) is 116 Å². The van der Waals surface area contributed by atoms with Crippen molar-refractivity contribution >= 4 is 35.1 Å². The van der Waals surface area contributed by atoms with Crippen LogP contribution >= 0.6 is 23.4 Å². The summed E-state index contributed by atoms with van der Waals surface area (Å²) in [5.41, 5.74) is 7.73. The fourth-order valence-electron chi connectivity index (χ4n) is 3.18. The fraction of sp³-hybridized carbons (Fsp3) is 0.167. The smallest absolute Gasteiger partial charge is 0.233 e. The van der Waals surface area contributed by atoms with Gasteiger partial charge in [-0.3, -0.25) is 4.79 Å². The van der Waals surface area contributed by atoms with Gasteiger partial charge >= 0.3 is 0 Å². The predicted molar refractivity (Wildman–Crippen MR) is 127 cm³/mol. The van der Waals surface area contributed by atoms with Gasteiger partial charge in [0.25, 0.3) is 0 Å². The number of benzene rings is 2. The van der Waals surface area contributed by atoms with Crippen LogP contribution in [0.25, 0.3) is 11.1 Å². The van der Waals surface area contributed by atoms with Gasteiger partial charge in [-0.2, -0.15) is 10.5 Å². The second-order valence-corrected chi connectivity index (χ2v) is 8.97. The highest BCUT2D eigenvalue weighted by atomic mass is 35.5. The molecule has 2 aromatic carbocycles. The summed E-state index contributed by atoms with van der Waals surface area (Å²) in [5.74, 6) is -0.785. The van der Waals surface area contributed by atoms with E-state index in [1.54, 1.807) is 19.1 Å². The first-order valence-electron chi connectivity index (χ1n) is 9.87. The van der Waals surface area contributed by atoms with Crippen molar-refractivity contribution in [1.29, 1.82) is 10.5 Å². The molecule has 9 heteroatoms. The van der Waals surface area contributed by atoms with Crippen LogP contribution in [0.5, 0.6) is 0 Å². The van der Waals surface area contributed by atoms with Gasteiger partial charge in [0.1, 0.15) is 34.4 Å². The van der Waals surface area contributed by atoms with E-state index in [0.29, 0.717) is 10.6 Å². The molecule has 0 aliphatic heterocycles. The largest absolute Gasteiger partial charge is 0.383 e. The van der Waals surface area contributed by atoms with Crippen LogP contribution in [0.3, 0.4) is 0 Å². The van der Waals surface area contributed by atoms with Crippen molar-refractivity contribution in [2.45, 2.75) is 30.2 Å². The molecule has 0 saturated carbocycles. The highest BCUT2D eigenvalue weighted by Gasteiger charge is 2.24. The maximum Gasteiger partial charge on any atom is 0.233 e. The number of hydrogen-bond donors (Lipinski definition) is 2. The van der Waals surface area contributed by atoms with Gasteiger partial charge in [-0.05, 0) is 49.2 Å². The summed E-state index contributed by atoms with van der Waals surface area (Å²) in [7, 11) is 0. The number of hydrogen-bond acceptors (Lipinski definition) is 6. The quantitative estimate of drug-likeness (QED) is 0.468. The number of carbonyl (C=O) groups excluding carboxylic acids is 1. The molecule has 2 unspecified atom stereocenters. The van der Waals surface area contributed by atoms with E-state index < -0.39 is 11.1 Å². The van der Waals surface area contributed by atoms with Gasteiger partial charge in [0.15, 0.2) is 0 Å². The van der Waals surface area contributed by atoms with Crippen molar-refractivity contribution in [3.63, 3.8) is 0 Å². The molecule has 0 fully saturated rings. The number of carbonyl (C=O) groups is 1. The number of rotatable bonds is 6. The SMILES string of the molecule is CC(Sc1nc(N)c(C#N)c(-c2ccc(F)cc2)c1C#N)C(=O)NC(C)c1ccc(Cl)cc1. The molecule has 3 rings (SSSR count). The molecule has 3 aromatic rings. The van der Waals surface area contributed by atoms with Crippen LogP contribution in [0.1, 0.15) is 36.6 Å². The zero-order chi connectivity index (χ0) is 24.1. The van der Waals surface area contributed by atoms with Gasteiger partial charge in [0.05, 0.1) is 16.9 Å². The lowest BCUT2D eigenvalue weighted by Crippen LogP contribution is -2.33. The molecule has 0 radical (unpaired) electrons. The first-order valence-corrected chi connectivity index (χ1v) is 11.1. The lowest BCUT2D eigenvalue weighted by Gasteiger charge is -2.19. The van der Waals surface area contributed by atoms with E-state index in [9.17, 15) is 19.7 Å². The van der Waals surface area contributed by atoms with Crippen molar-refractivity contribution in [3.8, 4) is 23.3 Å². The van der Waals surface area contributed by atoms with E-state index in [-0.39, 0.29) is 39.5 Å². The Labute approximate surface area is 200 Å². The summed E-state index contributed by atoms with van der Waals surface area (Å²) in [4.78, 5) is 17.0. The van der Waals surface area contributed by atoms with E-state index in [1.807, 2.05) is 25.1 Å². The van der Waals surface area contributed by atoms with Crippen molar-refractivity contribution in [2.24, 2.45) is 0 Å². The number of aromatic nitrogens is 1. The first kappa shape index (κ1) is 24.1. The minimum Gasteiger partial charge on any atom is -0.383 e. The summed E-state index contributed by atoms with van der Waals surface area (Å²) < 4.78 is 13.4. The Bertz CT molecular complexity index is 1270. The van der Waals surface area contributed by atoms with E-state index >= 15 is 0 Å². The number of halogens is 2. The van der Waals surface area contributed by atoms with Crippen LogP contribution in [0.15, 0.2) is 53.6 Å². The summed E-state index contributed by atoms with van der Waals surface area (Å²) in [6, 6.07) is 16.3. The molecule has 0 saturated heterocycles. The molecule has 2 atom stereocenters. The third-order valence-corrected chi connectivity index (χ3v) is 6.27. The molecule has 6 nitrogen and oxygen atoms in total. The van der Waals surface area contributed by atoms with Gasteiger partial charge in [0.2, 0.25) is 5.91 Å². The number of nitrogen functional groups attached to an aromatic ring is 1. The van der Waals surface area contributed by atoms with Gasteiger partial charge in [-0.15, -0.1) is 0 Å². The minimum atomic E-state index is -0.618. The molecule has 3 N–H and O–H groups in total. The zero-order valence-corrected chi connectivity index (χ0v) is 19.3. The van der Waals surface area contributed by atoms with Gasteiger partial charge in [-0.25, -0.2) is 9.37 Å². The summed E-state index contributed by atoms with van der Waals surface area (Å²) in [5, 5.41) is 22.6. The summed E-state index contributed by atoms with van der Waals surface area (Å²) in [6.45, 7) is 3.53. The van der Waals surface area contributed by atoms with Crippen LogP contribution < -0.4 is 11.1 Å². The van der Waals surface area contributed by atoms with Crippen molar-refractivity contribution in [1.82, 2.24) is 10.3 Å². The van der Waals surface area contributed by atoms with Crippen LogP contribution in [-0.2, 0) is 4.79 Å². The number of thioether (sulfide) groups is 1. The number of amides is 1. The maximum absolute atomic E-state index is 13.4. The fourth-order valence-corrected chi connectivity index (χ4v) is 4.23. The monoisotopic (exact) mass is 479 g/mol. The highest BCUT2D eigenvalue weighted by Crippen LogP contribution is 2.37. The molecule has 0 aliphatic carbocycles. The van der Waals surface area contributed by atoms with Crippen molar-refractivity contribution in [2.75, 3.05) is 5.73 Å². The lowest BCUT2D eigenvalue weighted by atomic mass is 9.97. The predicted octanol–water partition coefficient (Wildman–Crippen LogP) is 5.22. The van der Waals surface area contributed by atoms with Crippen LogP contribution in [0.4, 0.5) is 10.2 Å². The Morgan fingerprint density at radius 1 is 1.09 bits per heavy atom. The second kappa shape index (κ2) is 10.4. The lowest BCUT2D eigenvalue weighted by molar-refractivity contribution is -0.120. The molecule has 1 heterocycles. The third-order valence-electron chi connectivity index (χ3n) is 4.93. The van der Waals surface area contributed by atoms with Gasteiger partial charge in [-0.1, -0.05) is 47.6 Å². The van der Waals surface area contributed by atoms with E-state index in [2.05, 4.69) is 16.4 Å². The van der Waals surface area contributed by atoms with Gasteiger partial charge < -0.3 is 11.1 Å². The zero-order valence-electron chi connectivity index (χ0n) is 17.8. The number of pyridine rings is 1. The van der Waals surface area contributed by atoms with Crippen molar-refractivity contribution < 1.29 is 9.18 Å². The van der Waals surface area contributed by atoms with Crippen LogP contribution in [0, 0.1) is 28.5 Å². The molecule has 0 aliphatic rings. The summed E-state index contributed by atoms with van der Waals surface area (Å²) in [6.07, 6.45) is 0. The molecule has 0 spiro atoms. The molecular formula is C24H19ClFN5OS. The van der Waals surface area contributed by atoms with Crippen LogP contribution in [0.2, 0.25) is 5.02 Å². The molecule has 33 heavy (non-hydrogen) atoms. The highest BCUT2D eigenvalue weighted by molar-refractivity contribution is 8.00. The Balaban J connectivity index is 1.90.